The molecule has 0 aromatic heterocycles. The van der Waals surface area contributed by atoms with E-state index in [1.807, 2.05) is 12.1 Å². The highest BCUT2D eigenvalue weighted by atomic mass is 16.5. The Balaban J connectivity index is 1.62. The molecule has 2 aliphatic rings. The van der Waals surface area contributed by atoms with Gasteiger partial charge in [0.1, 0.15) is 0 Å². The molecule has 3 rings (SSSR count). The molecule has 0 radical (unpaired) electrons. The van der Waals surface area contributed by atoms with E-state index >= 15 is 0 Å². The van der Waals surface area contributed by atoms with Gasteiger partial charge in [-0.15, -0.1) is 0 Å². The molecule has 0 spiro atoms. The highest BCUT2D eigenvalue weighted by Crippen LogP contribution is 2.22. The number of rotatable bonds is 5. The first-order valence-corrected chi connectivity index (χ1v) is 8.69. The number of hydrogen-bond acceptors (Lipinski definition) is 3. The normalized spacial score (nSPS) is 23.0. The molecule has 24 heavy (non-hydrogen) atoms. The number of para-hydroxylation sites is 1. The lowest BCUT2D eigenvalue weighted by atomic mass is 9.93. The van der Waals surface area contributed by atoms with Crippen LogP contribution >= 0.6 is 0 Å². The van der Waals surface area contributed by atoms with Crippen molar-refractivity contribution in [2.24, 2.45) is 5.92 Å². The Labute approximate surface area is 142 Å². The lowest BCUT2D eigenvalue weighted by Gasteiger charge is -2.19. The molecule has 2 unspecified atom stereocenters. The minimum atomic E-state index is -0.176. The summed E-state index contributed by atoms with van der Waals surface area (Å²) in [4.78, 5) is 24.9. The van der Waals surface area contributed by atoms with Gasteiger partial charge in [-0.3, -0.25) is 9.59 Å². The molecule has 2 atom stereocenters. The van der Waals surface area contributed by atoms with Gasteiger partial charge in [0, 0.05) is 19.1 Å². The van der Waals surface area contributed by atoms with Crippen molar-refractivity contribution in [1.82, 2.24) is 5.32 Å². The monoisotopic (exact) mass is 328 g/mol. The van der Waals surface area contributed by atoms with Gasteiger partial charge in [-0.1, -0.05) is 24.3 Å². The van der Waals surface area contributed by atoms with Crippen molar-refractivity contribution in [3.05, 3.63) is 42.0 Å². The van der Waals surface area contributed by atoms with E-state index in [2.05, 4.69) is 16.7 Å². The van der Waals surface area contributed by atoms with E-state index in [4.69, 9.17) is 4.74 Å². The Morgan fingerprint density at radius 1 is 1.17 bits per heavy atom. The molecular formula is C19H24N2O3. The molecule has 5 heteroatoms. The van der Waals surface area contributed by atoms with Crippen LogP contribution in [0.15, 0.2) is 36.4 Å². The second-order valence-corrected chi connectivity index (χ2v) is 6.36. The lowest BCUT2D eigenvalue weighted by molar-refractivity contribution is -0.120. The SMILES string of the molecule is O=C(NCC1CCCO1)c1ccccc1NC(=O)C1CC=CCC1. The number of benzene rings is 1. The Morgan fingerprint density at radius 3 is 2.79 bits per heavy atom. The Hall–Kier alpha value is -2.14. The summed E-state index contributed by atoms with van der Waals surface area (Å²) in [5.41, 5.74) is 1.07. The van der Waals surface area contributed by atoms with Crippen LogP contribution in [-0.4, -0.2) is 31.1 Å². The second kappa shape index (κ2) is 8.11. The van der Waals surface area contributed by atoms with Crippen molar-refractivity contribution >= 4 is 17.5 Å². The summed E-state index contributed by atoms with van der Waals surface area (Å²) in [7, 11) is 0. The van der Waals surface area contributed by atoms with Crippen molar-refractivity contribution in [2.45, 2.75) is 38.2 Å². The van der Waals surface area contributed by atoms with Crippen LogP contribution in [0, 0.1) is 5.92 Å². The molecule has 2 amide bonds. The maximum atomic E-state index is 12.5. The summed E-state index contributed by atoms with van der Waals surface area (Å²) < 4.78 is 5.52. The molecule has 128 valence electrons. The van der Waals surface area contributed by atoms with Crippen molar-refractivity contribution in [3.63, 3.8) is 0 Å². The lowest BCUT2D eigenvalue weighted by Crippen LogP contribution is -2.32. The molecule has 1 aromatic carbocycles. The van der Waals surface area contributed by atoms with E-state index in [0.29, 0.717) is 17.8 Å². The van der Waals surface area contributed by atoms with Crippen LogP contribution in [-0.2, 0) is 9.53 Å². The van der Waals surface area contributed by atoms with Crippen molar-refractivity contribution in [2.75, 3.05) is 18.5 Å². The zero-order valence-corrected chi connectivity index (χ0v) is 13.8. The first-order valence-electron chi connectivity index (χ1n) is 8.69. The molecule has 1 saturated heterocycles. The average molecular weight is 328 g/mol. The number of ether oxygens (including phenoxy) is 1. The molecule has 5 nitrogen and oxygen atoms in total. The zero-order chi connectivity index (χ0) is 16.8. The predicted molar refractivity (Wildman–Crippen MR) is 92.9 cm³/mol. The van der Waals surface area contributed by atoms with Gasteiger partial charge in [-0.25, -0.2) is 0 Å². The van der Waals surface area contributed by atoms with Crippen LogP contribution in [0.1, 0.15) is 42.5 Å². The molecule has 0 bridgehead atoms. The van der Waals surface area contributed by atoms with Crippen molar-refractivity contribution in [3.8, 4) is 0 Å². The average Bonchev–Trinajstić information content (AvgIpc) is 3.14. The number of carbonyl (C=O) groups excluding carboxylic acids is 2. The quantitative estimate of drug-likeness (QED) is 0.817. The van der Waals surface area contributed by atoms with E-state index < -0.39 is 0 Å². The van der Waals surface area contributed by atoms with Crippen LogP contribution in [0.5, 0.6) is 0 Å². The molecule has 1 aliphatic heterocycles. The molecule has 1 aliphatic carbocycles. The van der Waals surface area contributed by atoms with E-state index in [9.17, 15) is 9.59 Å². The highest BCUT2D eigenvalue weighted by molar-refractivity contribution is 6.04. The Morgan fingerprint density at radius 2 is 2.04 bits per heavy atom. The summed E-state index contributed by atoms with van der Waals surface area (Å²) in [6, 6.07) is 7.14. The maximum absolute atomic E-state index is 12.5. The van der Waals surface area contributed by atoms with Crippen LogP contribution in [0.25, 0.3) is 0 Å². The summed E-state index contributed by atoms with van der Waals surface area (Å²) >= 11 is 0. The molecule has 1 heterocycles. The minimum Gasteiger partial charge on any atom is -0.376 e. The number of carbonyl (C=O) groups is 2. The largest absolute Gasteiger partial charge is 0.376 e. The van der Waals surface area contributed by atoms with Gasteiger partial charge in [-0.05, 0) is 44.2 Å². The van der Waals surface area contributed by atoms with Gasteiger partial charge in [0.2, 0.25) is 5.91 Å². The Kier molecular flexibility index (Phi) is 5.64. The molecular weight excluding hydrogens is 304 g/mol. The van der Waals surface area contributed by atoms with Crippen molar-refractivity contribution in [1.29, 1.82) is 0 Å². The standard InChI is InChI=1S/C19H24N2O3/c22-18(14-7-2-1-3-8-14)21-17-11-5-4-10-16(17)19(23)20-13-15-9-6-12-24-15/h1-2,4-5,10-11,14-15H,3,6-9,12-13H2,(H,20,23)(H,21,22). The number of hydrogen-bond donors (Lipinski definition) is 2. The van der Waals surface area contributed by atoms with Gasteiger partial charge in [0.15, 0.2) is 0 Å². The Bertz CT molecular complexity index is 621. The van der Waals surface area contributed by atoms with Gasteiger partial charge < -0.3 is 15.4 Å². The topological polar surface area (TPSA) is 67.4 Å². The van der Waals surface area contributed by atoms with Crippen LogP contribution in [0.4, 0.5) is 5.69 Å². The third kappa shape index (κ3) is 4.23. The molecule has 1 aromatic rings. The number of nitrogens with one attached hydrogen (secondary N) is 2. The van der Waals surface area contributed by atoms with Crippen LogP contribution < -0.4 is 10.6 Å². The smallest absolute Gasteiger partial charge is 0.253 e. The third-order valence-corrected chi connectivity index (χ3v) is 4.58. The summed E-state index contributed by atoms with van der Waals surface area (Å²) in [5, 5.41) is 5.83. The summed E-state index contributed by atoms with van der Waals surface area (Å²) in [6.07, 6.45) is 8.84. The fourth-order valence-electron chi connectivity index (χ4n) is 3.16. The predicted octanol–water partition coefficient (Wildman–Crippen LogP) is 2.89. The van der Waals surface area contributed by atoms with E-state index in [1.165, 1.54) is 0 Å². The van der Waals surface area contributed by atoms with Gasteiger partial charge in [0.05, 0.1) is 17.4 Å². The van der Waals surface area contributed by atoms with Gasteiger partial charge >= 0.3 is 0 Å². The van der Waals surface area contributed by atoms with E-state index in [0.717, 1.165) is 38.7 Å². The van der Waals surface area contributed by atoms with E-state index in [-0.39, 0.29) is 23.8 Å². The van der Waals surface area contributed by atoms with Crippen molar-refractivity contribution < 1.29 is 14.3 Å². The molecule has 2 N–H and O–H groups in total. The number of amides is 2. The fraction of sp³-hybridized carbons (Fsp3) is 0.474. The summed E-state index contributed by atoms with van der Waals surface area (Å²) in [5.74, 6) is -0.207. The fourth-order valence-corrected chi connectivity index (χ4v) is 3.16. The number of anilines is 1. The van der Waals surface area contributed by atoms with Crippen LogP contribution in [0.3, 0.4) is 0 Å². The molecule has 0 saturated carbocycles. The van der Waals surface area contributed by atoms with Crippen LogP contribution in [0.2, 0.25) is 0 Å². The highest BCUT2D eigenvalue weighted by Gasteiger charge is 2.21. The van der Waals surface area contributed by atoms with Gasteiger partial charge in [0.25, 0.3) is 5.91 Å². The first-order chi connectivity index (χ1) is 11.7. The first kappa shape index (κ1) is 16.7. The minimum absolute atomic E-state index is 0.0151. The zero-order valence-electron chi connectivity index (χ0n) is 13.8. The number of allylic oxidation sites excluding steroid dienone is 2. The van der Waals surface area contributed by atoms with E-state index in [1.54, 1.807) is 18.2 Å². The summed E-state index contributed by atoms with van der Waals surface area (Å²) in [6.45, 7) is 1.28. The van der Waals surface area contributed by atoms with Gasteiger partial charge in [-0.2, -0.15) is 0 Å². The second-order valence-electron chi connectivity index (χ2n) is 6.36. The maximum Gasteiger partial charge on any atom is 0.253 e. The molecule has 1 fully saturated rings. The third-order valence-electron chi connectivity index (χ3n) is 4.58.